The average Bonchev–Trinajstić information content (AvgIpc) is 3.45. The molecule has 0 spiro atoms. The zero-order valence-corrected chi connectivity index (χ0v) is 18.5. The van der Waals surface area contributed by atoms with Crippen LogP contribution < -0.4 is 4.90 Å². The Hall–Kier alpha value is -2.59. The summed E-state index contributed by atoms with van der Waals surface area (Å²) >= 11 is 0. The molecule has 1 aliphatic carbocycles. The minimum Gasteiger partial charge on any atom is -0.349 e. The highest BCUT2D eigenvalue weighted by Gasteiger charge is 2.29. The number of fused-ring (bicyclic) bond motifs is 1. The van der Waals surface area contributed by atoms with Crippen LogP contribution in [0.3, 0.4) is 0 Å². The van der Waals surface area contributed by atoms with Crippen molar-refractivity contribution < 1.29 is 13.3 Å². The molecule has 5 rings (SSSR count). The summed E-state index contributed by atoms with van der Waals surface area (Å²) in [5, 5.41) is 0. The molecule has 8 nitrogen and oxygen atoms in total. The molecule has 2 atom stereocenters. The third-order valence-corrected chi connectivity index (χ3v) is 6.19. The molecule has 3 aromatic heterocycles. The molecule has 4 heterocycles. The van der Waals surface area contributed by atoms with E-state index < -0.39 is 16.0 Å². The fraction of sp³-hybridized carbons (Fsp3) is 0.476. The molecular formula is C21H25FN6O2S. The van der Waals surface area contributed by atoms with Crippen LogP contribution in [0.5, 0.6) is 0 Å². The molecule has 0 aromatic carbocycles. The Morgan fingerprint density at radius 1 is 1.26 bits per heavy atom. The normalized spacial score (nSPS) is 22.1. The zero-order chi connectivity index (χ0) is 21.8. The second kappa shape index (κ2) is 7.52. The van der Waals surface area contributed by atoms with Gasteiger partial charge in [0.2, 0.25) is 0 Å². The van der Waals surface area contributed by atoms with Gasteiger partial charge in [-0.2, -0.15) is 0 Å². The van der Waals surface area contributed by atoms with Gasteiger partial charge in [0, 0.05) is 52.8 Å². The standard InChI is InChI=1S/C21H25FN6O2S/c1-13-10-27(12-20(30-13)26-31(2,3)29)18-6-7-23-21(25-18)17-9-24-19-8-16(22)15(11-28(17)19)14-4-5-14/h6-9,11,13-14,20H,4-5,10,12H2,1-3H3/t13-,20-/m0/s1. The van der Waals surface area contributed by atoms with Crippen LogP contribution in [0.1, 0.15) is 31.2 Å². The van der Waals surface area contributed by atoms with Crippen molar-refractivity contribution in [3.63, 3.8) is 0 Å². The van der Waals surface area contributed by atoms with Gasteiger partial charge < -0.3 is 9.64 Å². The molecule has 0 amide bonds. The maximum Gasteiger partial charge on any atom is 0.180 e. The average molecular weight is 445 g/mol. The van der Waals surface area contributed by atoms with E-state index in [0.29, 0.717) is 30.3 Å². The molecule has 0 bridgehead atoms. The summed E-state index contributed by atoms with van der Waals surface area (Å²) in [6.07, 6.45) is 9.88. The third kappa shape index (κ3) is 4.27. The van der Waals surface area contributed by atoms with E-state index in [1.54, 1.807) is 24.9 Å². The summed E-state index contributed by atoms with van der Waals surface area (Å²) in [6.45, 7) is 3.06. The van der Waals surface area contributed by atoms with Crippen LogP contribution >= 0.6 is 0 Å². The van der Waals surface area contributed by atoms with Gasteiger partial charge in [-0.25, -0.2) is 23.7 Å². The molecule has 0 unspecified atom stereocenters. The number of ether oxygens (including phenoxy) is 1. The van der Waals surface area contributed by atoms with Crippen LogP contribution in [0.15, 0.2) is 35.1 Å². The third-order valence-electron chi connectivity index (χ3n) is 5.45. The van der Waals surface area contributed by atoms with Gasteiger partial charge in [0.15, 0.2) is 12.1 Å². The van der Waals surface area contributed by atoms with Crippen molar-refractivity contribution >= 4 is 21.2 Å². The summed E-state index contributed by atoms with van der Waals surface area (Å²) in [5.74, 6) is 1.33. The monoisotopic (exact) mass is 444 g/mol. The SMILES string of the molecule is C[C@H]1CN(c2ccnc(-c3cnc4cc(F)c(C5CC5)cn34)n2)C[C@@H](N=S(C)(C)=O)O1. The predicted octanol–water partition coefficient (Wildman–Crippen LogP) is 3.09. The number of hydrogen-bond donors (Lipinski definition) is 0. The second-order valence-electron chi connectivity index (χ2n) is 8.55. The number of pyridine rings is 1. The summed E-state index contributed by atoms with van der Waals surface area (Å²) in [5.41, 5.74) is 1.97. The number of rotatable bonds is 4. The number of nitrogens with zero attached hydrogens (tertiary/aromatic N) is 6. The van der Waals surface area contributed by atoms with Crippen molar-refractivity contribution in [2.75, 3.05) is 30.5 Å². The topological polar surface area (TPSA) is 85.0 Å². The fourth-order valence-corrected chi connectivity index (χ4v) is 4.66. The maximum atomic E-state index is 14.4. The van der Waals surface area contributed by atoms with Gasteiger partial charge in [0.05, 0.1) is 18.8 Å². The number of aromatic nitrogens is 4. The van der Waals surface area contributed by atoms with Crippen LogP contribution in [0, 0.1) is 5.82 Å². The first-order chi connectivity index (χ1) is 14.8. The lowest BCUT2D eigenvalue weighted by Crippen LogP contribution is -2.46. The van der Waals surface area contributed by atoms with E-state index in [9.17, 15) is 8.60 Å². The van der Waals surface area contributed by atoms with Crippen molar-refractivity contribution in [2.24, 2.45) is 4.36 Å². The molecule has 10 heteroatoms. The molecular weight excluding hydrogens is 419 g/mol. The molecule has 1 saturated heterocycles. The molecule has 0 radical (unpaired) electrons. The Bertz CT molecular complexity index is 1260. The summed E-state index contributed by atoms with van der Waals surface area (Å²) in [7, 11) is -2.28. The van der Waals surface area contributed by atoms with Crippen LogP contribution in [-0.4, -0.2) is 61.5 Å². The number of imidazole rings is 1. The zero-order valence-electron chi connectivity index (χ0n) is 17.7. The Morgan fingerprint density at radius 2 is 2.06 bits per heavy atom. The first kappa shape index (κ1) is 20.3. The molecule has 31 heavy (non-hydrogen) atoms. The maximum absolute atomic E-state index is 14.4. The van der Waals surface area contributed by atoms with E-state index in [2.05, 4.69) is 19.2 Å². The highest BCUT2D eigenvalue weighted by atomic mass is 32.2. The molecule has 1 saturated carbocycles. The van der Waals surface area contributed by atoms with Gasteiger partial charge in [-0.05, 0) is 31.7 Å². The van der Waals surface area contributed by atoms with Gasteiger partial charge in [-0.1, -0.05) is 0 Å². The van der Waals surface area contributed by atoms with E-state index in [4.69, 9.17) is 9.72 Å². The van der Waals surface area contributed by atoms with Crippen molar-refractivity contribution in [1.29, 1.82) is 0 Å². The number of hydrogen-bond acceptors (Lipinski definition) is 7. The van der Waals surface area contributed by atoms with E-state index in [0.717, 1.165) is 24.2 Å². The molecule has 3 aromatic rings. The van der Waals surface area contributed by atoms with Gasteiger partial charge in [-0.3, -0.25) is 8.61 Å². The molecule has 2 aliphatic rings. The molecule has 2 fully saturated rings. The Kier molecular flexibility index (Phi) is 4.93. The lowest BCUT2D eigenvalue weighted by molar-refractivity contribution is -0.00966. The van der Waals surface area contributed by atoms with E-state index in [1.807, 2.05) is 23.6 Å². The van der Waals surface area contributed by atoms with Crippen LogP contribution in [-0.2, 0) is 14.5 Å². The minimum absolute atomic E-state index is 0.0810. The van der Waals surface area contributed by atoms with Crippen LogP contribution in [0.2, 0.25) is 0 Å². The number of halogens is 1. The minimum atomic E-state index is -2.28. The predicted molar refractivity (Wildman–Crippen MR) is 117 cm³/mol. The fourth-order valence-electron chi connectivity index (χ4n) is 3.98. The van der Waals surface area contributed by atoms with Gasteiger partial charge in [0.25, 0.3) is 0 Å². The lowest BCUT2D eigenvalue weighted by Gasteiger charge is -2.35. The number of morpholine rings is 1. The Morgan fingerprint density at radius 3 is 2.81 bits per heavy atom. The summed E-state index contributed by atoms with van der Waals surface area (Å²) < 4.78 is 38.5. The Labute approximate surface area is 180 Å². The first-order valence-electron chi connectivity index (χ1n) is 10.3. The van der Waals surface area contributed by atoms with Crippen molar-refractivity contribution in [1.82, 2.24) is 19.4 Å². The first-order valence-corrected chi connectivity index (χ1v) is 12.7. The Balaban J connectivity index is 1.49. The largest absolute Gasteiger partial charge is 0.349 e. The van der Waals surface area contributed by atoms with Crippen molar-refractivity contribution in [2.45, 2.75) is 38.0 Å². The van der Waals surface area contributed by atoms with Crippen LogP contribution in [0.25, 0.3) is 17.2 Å². The second-order valence-corrected chi connectivity index (χ2v) is 11.1. The van der Waals surface area contributed by atoms with E-state index in [1.165, 1.54) is 6.07 Å². The summed E-state index contributed by atoms with van der Waals surface area (Å²) in [4.78, 5) is 15.6. The van der Waals surface area contributed by atoms with E-state index >= 15 is 0 Å². The molecule has 0 N–H and O–H groups in total. The highest BCUT2D eigenvalue weighted by molar-refractivity contribution is 7.92. The smallest absolute Gasteiger partial charge is 0.180 e. The number of anilines is 1. The van der Waals surface area contributed by atoms with E-state index in [-0.39, 0.29) is 17.8 Å². The van der Waals surface area contributed by atoms with Crippen molar-refractivity contribution in [3.8, 4) is 11.5 Å². The van der Waals surface area contributed by atoms with Gasteiger partial charge in [-0.15, -0.1) is 0 Å². The quantitative estimate of drug-likeness (QED) is 0.615. The molecule has 164 valence electrons. The van der Waals surface area contributed by atoms with Crippen molar-refractivity contribution in [3.05, 3.63) is 42.1 Å². The van der Waals surface area contributed by atoms with Gasteiger partial charge in [0.1, 0.15) is 23.0 Å². The lowest BCUT2D eigenvalue weighted by atomic mass is 10.2. The van der Waals surface area contributed by atoms with Crippen LogP contribution in [0.4, 0.5) is 10.2 Å². The highest BCUT2D eigenvalue weighted by Crippen LogP contribution is 2.41. The van der Waals surface area contributed by atoms with Gasteiger partial charge >= 0.3 is 0 Å². The summed E-state index contributed by atoms with van der Waals surface area (Å²) in [6, 6.07) is 3.32. The molecule has 1 aliphatic heterocycles.